The van der Waals surface area contributed by atoms with Crippen LogP contribution in [0.5, 0.6) is 0 Å². The minimum absolute atomic E-state index is 0.0625. The fourth-order valence-corrected chi connectivity index (χ4v) is 3.79. The number of ketones is 1. The Morgan fingerprint density at radius 2 is 1.56 bits per heavy atom. The minimum atomic E-state index is -0.979. The maximum Gasteiger partial charge on any atom is 0.155 e. The van der Waals surface area contributed by atoms with Crippen LogP contribution in [0.2, 0.25) is 0 Å². The van der Waals surface area contributed by atoms with Gasteiger partial charge in [-0.05, 0) is 50.6 Å². The number of aromatic nitrogens is 2. The fraction of sp³-hybridized carbons (Fsp3) is 0.241. The number of fused-ring (bicyclic) bond motifs is 1. The summed E-state index contributed by atoms with van der Waals surface area (Å²) < 4.78 is 16.6. The van der Waals surface area contributed by atoms with E-state index in [1.165, 1.54) is 19.9 Å². The Bertz CT molecular complexity index is 1300. The van der Waals surface area contributed by atoms with Crippen LogP contribution in [0.15, 0.2) is 90.7 Å². The molecule has 4 nitrogen and oxygen atoms in total. The Morgan fingerprint density at radius 3 is 2.15 bits per heavy atom. The van der Waals surface area contributed by atoms with E-state index in [0.717, 1.165) is 33.7 Å². The fourth-order valence-electron chi connectivity index (χ4n) is 3.79. The van der Waals surface area contributed by atoms with Crippen molar-refractivity contribution in [2.75, 3.05) is 0 Å². The third kappa shape index (κ3) is 5.42. The molecule has 0 radical (unpaired) electrons. The molecule has 5 heteroatoms. The van der Waals surface area contributed by atoms with Gasteiger partial charge in [-0.25, -0.2) is 9.37 Å². The second-order valence-corrected chi connectivity index (χ2v) is 8.87. The molecular weight excluding hydrogens is 427 g/mol. The van der Waals surface area contributed by atoms with Crippen molar-refractivity contribution in [3.63, 3.8) is 0 Å². The number of nitrogens with zero attached hydrogens (tertiary/aromatic N) is 2. The van der Waals surface area contributed by atoms with Crippen LogP contribution >= 0.6 is 0 Å². The molecule has 4 aromatic rings. The highest BCUT2D eigenvalue weighted by Gasteiger charge is 2.31. The third-order valence-corrected chi connectivity index (χ3v) is 5.84. The standard InChI is InChI=1S/C24H23FN2.C5H8O2/c1-17(25)24(2,3)20-14-8-7-13-19(20)23-26-21-15-9-10-16-22(21)27(23)18-11-5-4-6-12-18;1-4(6)3-5(2)7/h4-17H,1-3H3;3,6H,1-2H3/b;4-3-/t17-;/m1./s1. The van der Waals surface area contributed by atoms with Crippen molar-refractivity contribution in [2.24, 2.45) is 0 Å². The summed E-state index contributed by atoms with van der Waals surface area (Å²) in [4.78, 5) is 15.0. The lowest BCUT2D eigenvalue weighted by molar-refractivity contribution is -0.112. The molecule has 4 rings (SSSR count). The number of benzene rings is 3. The van der Waals surface area contributed by atoms with Crippen molar-refractivity contribution in [1.29, 1.82) is 0 Å². The molecule has 0 fully saturated rings. The summed E-state index contributed by atoms with van der Waals surface area (Å²) in [6.45, 7) is 8.37. The van der Waals surface area contributed by atoms with Crippen molar-refractivity contribution in [3.8, 4) is 17.1 Å². The number of halogens is 1. The lowest BCUT2D eigenvalue weighted by atomic mass is 9.78. The van der Waals surface area contributed by atoms with Gasteiger partial charge in [0.25, 0.3) is 0 Å². The highest BCUT2D eigenvalue weighted by atomic mass is 19.1. The number of para-hydroxylation sites is 3. The van der Waals surface area contributed by atoms with Gasteiger partial charge in [0.15, 0.2) is 5.78 Å². The van der Waals surface area contributed by atoms with Crippen molar-refractivity contribution >= 4 is 16.8 Å². The normalized spacial score (nSPS) is 12.7. The Balaban J connectivity index is 0.000000406. The number of carbonyl (C=O) groups excluding carboxylic acids is 1. The summed E-state index contributed by atoms with van der Waals surface area (Å²) in [6.07, 6.45) is 0.188. The van der Waals surface area contributed by atoms with Gasteiger partial charge in [-0.15, -0.1) is 0 Å². The van der Waals surface area contributed by atoms with E-state index >= 15 is 0 Å². The van der Waals surface area contributed by atoms with E-state index in [-0.39, 0.29) is 11.5 Å². The van der Waals surface area contributed by atoms with Gasteiger partial charge in [-0.1, -0.05) is 68.4 Å². The smallest absolute Gasteiger partial charge is 0.155 e. The molecule has 0 saturated heterocycles. The van der Waals surface area contributed by atoms with Crippen LogP contribution in [0, 0.1) is 0 Å². The quantitative estimate of drug-likeness (QED) is 0.251. The number of hydrogen-bond donors (Lipinski definition) is 1. The molecule has 1 heterocycles. The number of imidazole rings is 1. The average molecular weight is 459 g/mol. The molecule has 1 N–H and O–H groups in total. The van der Waals surface area contributed by atoms with Crippen molar-refractivity contribution in [2.45, 2.75) is 46.2 Å². The molecule has 0 bridgehead atoms. The molecule has 0 spiro atoms. The van der Waals surface area contributed by atoms with E-state index in [1.54, 1.807) is 6.92 Å². The maximum atomic E-state index is 14.5. The van der Waals surface area contributed by atoms with E-state index in [0.29, 0.717) is 0 Å². The number of hydrogen-bond acceptors (Lipinski definition) is 3. The van der Waals surface area contributed by atoms with Crippen LogP contribution in [0.4, 0.5) is 4.39 Å². The van der Waals surface area contributed by atoms with Crippen LogP contribution in [-0.2, 0) is 10.2 Å². The van der Waals surface area contributed by atoms with Crippen LogP contribution in [0.25, 0.3) is 28.1 Å². The predicted molar refractivity (Wildman–Crippen MR) is 137 cm³/mol. The zero-order chi connectivity index (χ0) is 24.9. The van der Waals surface area contributed by atoms with Gasteiger partial charge in [0.2, 0.25) is 0 Å². The topological polar surface area (TPSA) is 55.1 Å². The van der Waals surface area contributed by atoms with E-state index in [2.05, 4.69) is 22.8 Å². The van der Waals surface area contributed by atoms with Crippen molar-refractivity contribution < 1.29 is 14.3 Å². The molecule has 1 atom stereocenters. The van der Waals surface area contributed by atoms with E-state index in [4.69, 9.17) is 10.1 Å². The van der Waals surface area contributed by atoms with Crippen LogP contribution in [0.3, 0.4) is 0 Å². The molecule has 0 aliphatic rings. The summed E-state index contributed by atoms with van der Waals surface area (Å²) in [7, 11) is 0. The van der Waals surface area contributed by atoms with Gasteiger partial charge in [0.05, 0.1) is 16.8 Å². The molecule has 176 valence electrons. The van der Waals surface area contributed by atoms with Crippen LogP contribution < -0.4 is 0 Å². The van der Waals surface area contributed by atoms with Gasteiger partial charge in [0, 0.05) is 22.7 Å². The van der Waals surface area contributed by atoms with E-state index in [1.807, 2.05) is 74.5 Å². The largest absolute Gasteiger partial charge is 0.512 e. The van der Waals surface area contributed by atoms with Gasteiger partial charge in [-0.3, -0.25) is 9.36 Å². The molecule has 0 aliphatic heterocycles. The third-order valence-electron chi connectivity index (χ3n) is 5.84. The summed E-state index contributed by atoms with van der Waals surface area (Å²) in [5.74, 6) is 0.777. The molecule has 0 amide bonds. The molecule has 3 aromatic carbocycles. The first-order valence-corrected chi connectivity index (χ1v) is 11.3. The number of carbonyl (C=O) groups is 1. The monoisotopic (exact) mass is 458 g/mol. The first-order chi connectivity index (χ1) is 16.1. The number of allylic oxidation sites excluding steroid dienone is 2. The molecular formula is C29H31FN2O2. The summed E-state index contributed by atoms with van der Waals surface area (Å²) >= 11 is 0. The Morgan fingerprint density at radius 1 is 0.971 bits per heavy atom. The zero-order valence-corrected chi connectivity index (χ0v) is 20.3. The minimum Gasteiger partial charge on any atom is -0.512 e. The zero-order valence-electron chi connectivity index (χ0n) is 20.3. The highest BCUT2D eigenvalue weighted by Crippen LogP contribution is 2.38. The number of alkyl halides is 1. The first kappa shape index (κ1) is 24.9. The average Bonchev–Trinajstić information content (AvgIpc) is 3.18. The number of aliphatic hydroxyl groups excluding tert-OH is 1. The summed E-state index contributed by atoms with van der Waals surface area (Å²) in [6, 6.07) is 26.3. The van der Waals surface area contributed by atoms with E-state index in [9.17, 15) is 9.18 Å². The molecule has 34 heavy (non-hydrogen) atoms. The van der Waals surface area contributed by atoms with Gasteiger partial charge < -0.3 is 5.11 Å². The second kappa shape index (κ2) is 10.5. The number of aliphatic hydroxyl groups is 1. The lowest BCUT2D eigenvalue weighted by Gasteiger charge is -2.29. The Labute approximate surface area is 200 Å². The van der Waals surface area contributed by atoms with Crippen LogP contribution in [0.1, 0.15) is 40.2 Å². The van der Waals surface area contributed by atoms with Gasteiger partial charge >= 0.3 is 0 Å². The predicted octanol–water partition coefficient (Wildman–Crippen LogP) is 7.37. The highest BCUT2D eigenvalue weighted by molar-refractivity contribution is 5.87. The summed E-state index contributed by atoms with van der Waals surface area (Å²) in [5.41, 5.74) is 4.33. The number of rotatable bonds is 5. The van der Waals surface area contributed by atoms with Crippen molar-refractivity contribution in [3.05, 3.63) is 96.3 Å². The Kier molecular flexibility index (Phi) is 7.67. The lowest BCUT2D eigenvalue weighted by Crippen LogP contribution is -2.28. The van der Waals surface area contributed by atoms with E-state index < -0.39 is 11.6 Å². The van der Waals surface area contributed by atoms with Crippen LogP contribution in [-0.4, -0.2) is 26.6 Å². The molecule has 1 aromatic heterocycles. The van der Waals surface area contributed by atoms with Gasteiger partial charge in [-0.2, -0.15) is 0 Å². The van der Waals surface area contributed by atoms with Gasteiger partial charge in [0.1, 0.15) is 12.0 Å². The Hall–Kier alpha value is -3.73. The second-order valence-electron chi connectivity index (χ2n) is 8.87. The van der Waals surface area contributed by atoms with Crippen molar-refractivity contribution in [1.82, 2.24) is 9.55 Å². The first-order valence-electron chi connectivity index (χ1n) is 11.3. The molecule has 0 saturated carbocycles. The molecule has 0 unspecified atom stereocenters. The molecule has 0 aliphatic carbocycles. The SMILES string of the molecule is CC(=O)/C=C(/C)O.C[C@@H](F)C(C)(C)c1ccccc1-c1nc2ccccc2n1-c1ccccc1. The summed E-state index contributed by atoms with van der Waals surface area (Å²) in [5, 5.41) is 8.36. The maximum absolute atomic E-state index is 14.5.